The fourth-order valence-electron chi connectivity index (χ4n) is 2.47. The maximum absolute atomic E-state index is 12.9. The zero-order chi connectivity index (χ0) is 21.3. The third kappa shape index (κ3) is 4.33. The van der Waals surface area contributed by atoms with Crippen molar-refractivity contribution in [3.63, 3.8) is 0 Å². The van der Waals surface area contributed by atoms with Crippen LogP contribution >= 0.6 is 15.9 Å². The maximum Gasteiger partial charge on any atom is 0.430 e. The van der Waals surface area contributed by atoms with Gasteiger partial charge in [0.1, 0.15) is 0 Å². The first kappa shape index (κ1) is 22.2. The fraction of sp³-hybridized carbons (Fsp3) is 0.278. The van der Waals surface area contributed by atoms with Crippen LogP contribution in [0.25, 0.3) is 0 Å². The van der Waals surface area contributed by atoms with Crippen LogP contribution in [0.2, 0.25) is 0 Å². The average Bonchev–Trinajstić information content (AvgIpc) is 2.59. The minimum absolute atomic E-state index is 0.153. The molecule has 2 aromatic rings. The lowest BCUT2D eigenvalue weighted by atomic mass is 9.91. The number of aliphatic hydroxyl groups is 1. The number of nitrogens with one attached hydrogen (secondary N) is 1. The molecule has 28 heavy (non-hydrogen) atoms. The lowest BCUT2D eigenvalue weighted by molar-refractivity contribution is -0.376. The molecule has 10 heteroatoms. The smallest absolute Gasteiger partial charge is 0.369 e. The summed E-state index contributed by atoms with van der Waals surface area (Å²) in [5.74, 6) is -0.690. The molecule has 0 spiro atoms. The van der Waals surface area contributed by atoms with Crippen LogP contribution in [0, 0.1) is 0 Å². The number of hydrogen-bond donors (Lipinski definition) is 2. The van der Waals surface area contributed by atoms with Crippen LogP contribution in [0.3, 0.4) is 0 Å². The Morgan fingerprint density at radius 3 is 1.82 bits per heavy atom. The van der Waals surface area contributed by atoms with Crippen LogP contribution in [0.1, 0.15) is 34.5 Å². The molecule has 152 valence electrons. The van der Waals surface area contributed by atoms with Gasteiger partial charge in [-0.3, -0.25) is 4.79 Å². The van der Waals surface area contributed by atoms with Gasteiger partial charge in [-0.1, -0.05) is 40.2 Å². The Morgan fingerprint density at radius 1 is 0.929 bits per heavy atom. The number of benzene rings is 2. The van der Waals surface area contributed by atoms with E-state index in [-0.39, 0.29) is 5.56 Å². The molecule has 0 aromatic heterocycles. The highest BCUT2D eigenvalue weighted by atomic mass is 79.9. The van der Waals surface area contributed by atoms with Crippen molar-refractivity contribution in [1.82, 2.24) is 5.32 Å². The van der Waals surface area contributed by atoms with Gasteiger partial charge in [-0.05, 0) is 36.8 Å². The van der Waals surface area contributed by atoms with Gasteiger partial charge in [0.05, 0.1) is 6.04 Å². The molecule has 0 radical (unpaired) electrons. The minimum atomic E-state index is -5.98. The van der Waals surface area contributed by atoms with Crippen molar-refractivity contribution in [2.45, 2.75) is 30.9 Å². The Kier molecular flexibility index (Phi) is 6.15. The molecule has 0 aliphatic carbocycles. The third-order valence-electron chi connectivity index (χ3n) is 4.10. The SMILES string of the molecule is C[C@H](NC(=O)c1ccc(C(O)(C(F)(F)F)C(F)(F)F)cc1)c1ccc(Br)cc1. The van der Waals surface area contributed by atoms with Gasteiger partial charge in [-0.15, -0.1) is 0 Å². The monoisotopic (exact) mass is 469 g/mol. The van der Waals surface area contributed by atoms with Crippen molar-refractivity contribution in [2.24, 2.45) is 0 Å². The summed E-state index contributed by atoms with van der Waals surface area (Å²) in [5, 5.41) is 11.9. The first-order chi connectivity index (χ1) is 12.8. The number of hydrogen-bond acceptors (Lipinski definition) is 2. The van der Waals surface area contributed by atoms with Crippen LogP contribution in [0.5, 0.6) is 0 Å². The summed E-state index contributed by atoms with van der Waals surface area (Å²) in [5.41, 5.74) is -5.86. The molecule has 0 fully saturated rings. The van der Waals surface area contributed by atoms with E-state index in [2.05, 4.69) is 21.2 Å². The molecule has 1 amide bonds. The van der Waals surface area contributed by atoms with Crippen LogP contribution in [-0.2, 0) is 5.60 Å². The first-order valence-corrected chi connectivity index (χ1v) is 8.59. The van der Waals surface area contributed by atoms with E-state index in [0.29, 0.717) is 12.1 Å². The number of rotatable bonds is 4. The van der Waals surface area contributed by atoms with Gasteiger partial charge in [0.25, 0.3) is 11.5 Å². The molecule has 0 heterocycles. The molecule has 0 bridgehead atoms. The average molecular weight is 470 g/mol. The second-order valence-electron chi connectivity index (χ2n) is 6.03. The van der Waals surface area contributed by atoms with Crippen molar-refractivity contribution < 1.29 is 36.2 Å². The van der Waals surface area contributed by atoms with Gasteiger partial charge < -0.3 is 10.4 Å². The van der Waals surface area contributed by atoms with Crippen molar-refractivity contribution in [3.05, 3.63) is 69.7 Å². The standard InChI is InChI=1S/C18H14BrF6NO2/c1-10(11-4-8-14(19)9-5-11)26-15(27)12-2-6-13(7-3-12)16(28,17(20,21)22)18(23,24)25/h2-10,28H,1H3,(H,26,27)/t10-/m0/s1. The summed E-state index contributed by atoms with van der Waals surface area (Å²) in [6.07, 6.45) is -12.0. The molecule has 2 aromatic carbocycles. The number of halogens is 7. The number of carbonyl (C=O) groups is 1. The molecule has 2 rings (SSSR count). The quantitative estimate of drug-likeness (QED) is 0.600. The lowest BCUT2D eigenvalue weighted by Gasteiger charge is -2.32. The summed E-state index contributed by atoms with van der Waals surface area (Å²) in [6, 6.07) is 8.98. The molecule has 0 saturated carbocycles. The molecule has 0 aliphatic heterocycles. The zero-order valence-electron chi connectivity index (χ0n) is 14.2. The van der Waals surface area contributed by atoms with E-state index in [1.54, 1.807) is 31.2 Å². The summed E-state index contributed by atoms with van der Waals surface area (Å²) in [4.78, 5) is 12.2. The highest BCUT2D eigenvalue weighted by Crippen LogP contribution is 2.49. The number of carbonyl (C=O) groups excluding carboxylic acids is 1. The largest absolute Gasteiger partial charge is 0.430 e. The topological polar surface area (TPSA) is 49.3 Å². The predicted molar refractivity (Wildman–Crippen MR) is 92.5 cm³/mol. The molecular formula is C18H14BrF6NO2. The van der Waals surface area contributed by atoms with Gasteiger partial charge in [-0.25, -0.2) is 0 Å². The lowest BCUT2D eigenvalue weighted by Crippen LogP contribution is -2.53. The molecule has 0 saturated heterocycles. The fourth-order valence-corrected chi connectivity index (χ4v) is 2.73. The number of alkyl halides is 6. The molecule has 0 unspecified atom stereocenters. The van der Waals surface area contributed by atoms with E-state index < -0.39 is 35.5 Å². The highest BCUT2D eigenvalue weighted by Gasteiger charge is 2.71. The predicted octanol–water partition coefficient (Wildman–Crippen LogP) is 5.25. The molecule has 2 N–H and O–H groups in total. The van der Waals surface area contributed by atoms with Gasteiger partial charge in [0.15, 0.2) is 0 Å². The normalized spacial score (nSPS) is 13.9. The van der Waals surface area contributed by atoms with Crippen LogP contribution in [0.4, 0.5) is 26.3 Å². The minimum Gasteiger partial charge on any atom is -0.369 e. The molecule has 1 atom stereocenters. The Labute approximate surface area is 164 Å². The Balaban J connectivity index is 2.23. The highest BCUT2D eigenvalue weighted by molar-refractivity contribution is 9.10. The van der Waals surface area contributed by atoms with Gasteiger partial charge >= 0.3 is 12.4 Å². The van der Waals surface area contributed by atoms with E-state index in [1.165, 1.54) is 0 Å². The van der Waals surface area contributed by atoms with Crippen molar-refractivity contribution in [2.75, 3.05) is 0 Å². The van der Waals surface area contributed by atoms with Crippen LogP contribution in [-0.4, -0.2) is 23.4 Å². The van der Waals surface area contributed by atoms with Crippen molar-refractivity contribution >= 4 is 21.8 Å². The maximum atomic E-state index is 12.9. The summed E-state index contributed by atoms with van der Waals surface area (Å²) in [7, 11) is 0. The second-order valence-corrected chi connectivity index (χ2v) is 6.95. The molecule has 0 aliphatic rings. The van der Waals surface area contributed by atoms with E-state index >= 15 is 0 Å². The van der Waals surface area contributed by atoms with Gasteiger partial charge in [-0.2, -0.15) is 26.3 Å². The Hall–Kier alpha value is -2.07. The Morgan fingerprint density at radius 2 is 1.39 bits per heavy atom. The van der Waals surface area contributed by atoms with E-state index in [4.69, 9.17) is 0 Å². The van der Waals surface area contributed by atoms with Crippen LogP contribution in [0.15, 0.2) is 53.0 Å². The van der Waals surface area contributed by atoms with E-state index in [9.17, 15) is 36.2 Å². The van der Waals surface area contributed by atoms with Crippen molar-refractivity contribution in [1.29, 1.82) is 0 Å². The Bertz CT molecular complexity index is 817. The molecule has 3 nitrogen and oxygen atoms in total. The van der Waals surface area contributed by atoms with E-state index in [1.807, 2.05) is 0 Å². The summed E-state index contributed by atoms with van der Waals surface area (Å²) >= 11 is 3.26. The summed E-state index contributed by atoms with van der Waals surface area (Å²) in [6.45, 7) is 1.67. The molecular weight excluding hydrogens is 456 g/mol. The van der Waals surface area contributed by atoms with Crippen LogP contribution < -0.4 is 5.32 Å². The second kappa shape index (κ2) is 7.75. The van der Waals surface area contributed by atoms with Crippen molar-refractivity contribution in [3.8, 4) is 0 Å². The third-order valence-corrected chi connectivity index (χ3v) is 4.63. The number of amides is 1. The zero-order valence-corrected chi connectivity index (χ0v) is 15.8. The summed E-state index contributed by atoms with van der Waals surface area (Å²) < 4.78 is 78.1. The van der Waals surface area contributed by atoms with Gasteiger partial charge in [0, 0.05) is 15.6 Å². The first-order valence-electron chi connectivity index (χ1n) is 7.80. The van der Waals surface area contributed by atoms with Gasteiger partial charge in [0.2, 0.25) is 0 Å². The van der Waals surface area contributed by atoms with E-state index in [0.717, 1.165) is 22.2 Å².